The molecule has 0 aliphatic carbocycles. The summed E-state index contributed by atoms with van der Waals surface area (Å²) in [5, 5.41) is 2.94. The lowest BCUT2D eigenvalue weighted by Crippen LogP contribution is -2.29. The molecule has 1 aliphatic rings. The zero-order valence-corrected chi connectivity index (χ0v) is 12.3. The molecule has 1 saturated heterocycles. The first kappa shape index (κ1) is 14.8. The average Bonchev–Trinajstić information content (AvgIpc) is 3.02. The Morgan fingerprint density at radius 2 is 2.05 bits per heavy atom. The van der Waals surface area contributed by atoms with Crippen molar-refractivity contribution in [3.8, 4) is 0 Å². The number of carbonyl (C=O) groups is 2. The fourth-order valence-corrected chi connectivity index (χ4v) is 2.83. The predicted molar refractivity (Wildman–Crippen MR) is 78.3 cm³/mol. The zero-order valence-electron chi connectivity index (χ0n) is 12.3. The molecule has 5 nitrogen and oxygen atoms in total. The second-order valence-corrected chi connectivity index (χ2v) is 5.44. The van der Waals surface area contributed by atoms with Gasteiger partial charge in [-0.25, -0.2) is 0 Å². The van der Waals surface area contributed by atoms with Crippen LogP contribution in [0.4, 0.5) is 0 Å². The van der Waals surface area contributed by atoms with Gasteiger partial charge in [-0.05, 0) is 58.3 Å². The maximum atomic E-state index is 12.2. The van der Waals surface area contributed by atoms with Crippen LogP contribution in [0, 0.1) is 13.8 Å². The summed E-state index contributed by atoms with van der Waals surface area (Å²) in [6.45, 7) is 7.71. The van der Waals surface area contributed by atoms with Crippen LogP contribution >= 0.6 is 0 Å². The average molecular weight is 277 g/mol. The molecule has 20 heavy (non-hydrogen) atoms. The molecule has 0 saturated carbocycles. The van der Waals surface area contributed by atoms with E-state index in [1.165, 1.54) is 25.9 Å². The van der Waals surface area contributed by atoms with Crippen molar-refractivity contribution in [2.45, 2.75) is 33.1 Å². The molecule has 2 N–H and O–H groups in total. The Morgan fingerprint density at radius 3 is 2.65 bits per heavy atom. The minimum Gasteiger partial charge on any atom is -0.356 e. The van der Waals surface area contributed by atoms with Gasteiger partial charge in [-0.15, -0.1) is 0 Å². The molecule has 2 heterocycles. The monoisotopic (exact) mass is 277 g/mol. The third-order valence-corrected chi connectivity index (χ3v) is 3.96. The number of aromatic nitrogens is 1. The van der Waals surface area contributed by atoms with E-state index in [2.05, 4.69) is 15.2 Å². The largest absolute Gasteiger partial charge is 0.356 e. The molecular weight excluding hydrogens is 254 g/mol. The van der Waals surface area contributed by atoms with Crippen LogP contribution in [0.2, 0.25) is 0 Å². The molecule has 0 atom stereocenters. The Morgan fingerprint density at radius 1 is 1.35 bits per heavy atom. The normalized spacial score (nSPS) is 15.5. The van der Waals surface area contributed by atoms with Crippen molar-refractivity contribution in [3.63, 3.8) is 0 Å². The van der Waals surface area contributed by atoms with E-state index in [1.54, 1.807) is 6.92 Å². The van der Waals surface area contributed by atoms with E-state index < -0.39 is 0 Å². The van der Waals surface area contributed by atoms with Gasteiger partial charge in [0.1, 0.15) is 0 Å². The molecule has 1 amide bonds. The minimum absolute atomic E-state index is 0.0919. The fraction of sp³-hybridized carbons (Fsp3) is 0.600. The van der Waals surface area contributed by atoms with Crippen LogP contribution in [0.15, 0.2) is 0 Å². The SMILES string of the molecule is Cc1[nH]c(C=O)c(C)c1C(=O)NCCCN1CCCC1. The number of hydrogen-bond acceptors (Lipinski definition) is 3. The van der Waals surface area contributed by atoms with Crippen LogP contribution in [0.5, 0.6) is 0 Å². The van der Waals surface area contributed by atoms with Gasteiger partial charge in [0.25, 0.3) is 5.91 Å². The van der Waals surface area contributed by atoms with Crippen LogP contribution in [-0.4, -0.2) is 48.3 Å². The number of carbonyl (C=O) groups excluding carboxylic acids is 2. The maximum Gasteiger partial charge on any atom is 0.253 e. The standard InChI is InChI=1S/C15H23N3O2/c1-11-13(10-19)17-12(2)14(11)15(20)16-6-5-9-18-7-3-4-8-18/h10,17H,3-9H2,1-2H3,(H,16,20). The molecule has 1 aromatic rings. The smallest absolute Gasteiger partial charge is 0.253 e. The predicted octanol–water partition coefficient (Wildman–Crippen LogP) is 1.66. The van der Waals surface area contributed by atoms with Gasteiger partial charge in [0.15, 0.2) is 6.29 Å². The Hall–Kier alpha value is -1.62. The highest BCUT2D eigenvalue weighted by Gasteiger charge is 2.17. The number of rotatable bonds is 6. The number of hydrogen-bond donors (Lipinski definition) is 2. The molecule has 0 spiro atoms. The summed E-state index contributed by atoms with van der Waals surface area (Å²) in [4.78, 5) is 28.4. The van der Waals surface area contributed by atoms with Crippen molar-refractivity contribution in [2.24, 2.45) is 0 Å². The molecule has 1 aromatic heterocycles. The minimum atomic E-state index is -0.0919. The molecule has 5 heteroatoms. The van der Waals surface area contributed by atoms with Crippen LogP contribution < -0.4 is 5.32 Å². The molecule has 2 rings (SSSR count). The van der Waals surface area contributed by atoms with Gasteiger partial charge in [-0.2, -0.15) is 0 Å². The number of aryl methyl sites for hydroxylation is 1. The summed E-state index contributed by atoms with van der Waals surface area (Å²) in [5.41, 5.74) is 2.58. The summed E-state index contributed by atoms with van der Waals surface area (Å²) in [5.74, 6) is -0.0919. The zero-order chi connectivity index (χ0) is 14.5. The van der Waals surface area contributed by atoms with Crippen LogP contribution in [0.25, 0.3) is 0 Å². The van der Waals surface area contributed by atoms with E-state index in [1.807, 2.05) is 6.92 Å². The third kappa shape index (κ3) is 3.28. The van der Waals surface area contributed by atoms with Crippen molar-refractivity contribution >= 4 is 12.2 Å². The lowest BCUT2D eigenvalue weighted by atomic mass is 10.1. The lowest BCUT2D eigenvalue weighted by molar-refractivity contribution is 0.0951. The van der Waals surface area contributed by atoms with E-state index in [0.29, 0.717) is 17.8 Å². The molecule has 0 unspecified atom stereocenters. The van der Waals surface area contributed by atoms with Crippen LogP contribution in [0.1, 0.15) is 51.4 Å². The summed E-state index contributed by atoms with van der Waals surface area (Å²) in [6.07, 6.45) is 4.31. The second kappa shape index (κ2) is 6.70. The van der Waals surface area contributed by atoms with E-state index in [4.69, 9.17) is 0 Å². The maximum absolute atomic E-state index is 12.2. The fourth-order valence-electron chi connectivity index (χ4n) is 2.83. The Labute approximate surface area is 119 Å². The number of nitrogens with zero attached hydrogens (tertiary/aromatic N) is 1. The van der Waals surface area contributed by atoms with Crippen molar-refractivity contribution in [1.82, 2.24) is 15.2 Å². The summed E-state index contributed by atoms with van der Waals surface area (Å²) in [7, 11) is 0. The number of aromatic amines is 1. The van der Waals surface area contributed by atoms with Crippen molar-refractivity contribution in [1.29, 1.82) is 0 Å². The number of H-pyrrole nitrogens is 1. The lowest BCUT2D eigenvalue weighted by Gasteiger charge is -2.14. The number of likely N-dealkylation sites (tertiary alicyclic amines) is 1. The van der Waals surface area contributed by atoms with E-state index in [0.717, 1.165) is 30.5 Å². The molecule has 0 bridgehead atoms. The van der Waals surface area contributed by atoms with Crippen molar-refractivity contribution < 1.29 is 9.59 Å². The molecular formula is C15H23N3O2. The summed E-state index contributed by atoms with van der Waals surface area (Å²) >= 11 is 0. The van der Waals surface area contributed by atoms with Gasteiger partial charge in [-0.3, -0.25) is 9.59 Å². The first-order valence-electron chi connectivity index (χ1n) is 7.28. The van der Waals surface area contributed by atoms with Crippen molar-refractivity contribution in [3.05, 3.63) is 22.5 Å². The van der Waals surface area contributed by atoms with E-state index >= 15 is 0 Å². The number of amides is 1. The van der Waals surface area contributed by atoms with Gasteiger partial charge in [0.2, 0.25) is 0 Å². The Kier molecular flexibility index (Phi) is 4.95. The van der Waals surface area contributed by atoms with Gasteiger partial charge < -0.3 is 15.2 Å². The topological polar surface area (TPSA) is 65.2 Å². The second-order valence-electron chi connectivity index (χ2n) is 5.44. The molecule has 0 aromatic carbocycles. The van der Waals surface area contributed by atoms with Gasteiger partial charge in [0, 0.05) is 12.2 Å². The molecule has 1 aliphatic heterocycles. The Balaban J connectivity index is 1.82. The first-order valence-corrected chi connectivity index (χ1v) is 7.28. The summed E-state index contributed by atoms with van der Waals surface area (Å²) < 4.78 is 0. The number of aldehydes is 1. The van der Waals surface area contributed by atoms with Crippen molar-refractivity contribution in [2.75, 3.05) is 26.2 Å². The van der Waals surface area contributed by atoms with Gasteiger partial charge in [0.05, 0.1) is 11.3 Å². The molecule has 110 valence electrons. The molecule has 0 radical (unpaired) electrons. The van der Waals surface area contributed by atoms with E-state index in [-0.39, 0.29) is 5.91 Å². The first-order chi connectivity index (χ1) is 9.63. The van der Waals surface area contributed by atoms with Crippen LogP contribution in [-0.2, 0) is 0 Å². The number of nitrogens with one attached hydrogen (secondary N) is 2. The highest BCUT2D eigenvalue weighted by Crippen LogP contribution is 2.16. The highest BCUT2D eigenvalue weighted by molar-refractivity contribution is 5.99. The van der Waals surface area contributed by atoms with Gasteiger partial charge >= 0.3 is 0 Å². The van der Waals surface area contributed by atoms with E-state index in [9.17, 15) is 9.59 Å². The summed E-state index contributed by atoms with van der Waals surface area (Å²) in [6, 6.07) is 0. The quantitative estimate of drug-likeness (QED) is 0.614. The van der Waals surface area contributed by atoms with Crippen LogP contribution in [0.3, 0.4) is 0 Å². The Bertz CT molecular complexity index is 488. The third-order valence-electron chi connectivity index (χ3n) is 3.96. The highest BCUT2D eigenvalue weighted by atomic mass is 16.1. The molecule has 1 fully saturated rings. The van der Waals surface area contributed by atoms with Gasteiger partial charge in [-0.1, -0.05) is 0 Å².